The molecule has 0 radical (unpaired) electrons. The monoisotopic (exact) mass is 1040 g/mol. The van der Waals surface area contributed by atoms with Crippen LogP contribution in [0.1, 0.15) is 309 Å². The van der Waals surface area contributed by atoms with Crippen LogP contribution in [0, 0.1) is 0 Å². The van der Waals surface area contributed by atoms with E-state index in [1.165, 1.54) is 218 Å². The highest BCUT2D eigenvalue weighted by molar-refractivity contribution is 5.80. The van der Waals surface area contributed by atoms with Crippen LogP contribution in [0.5, 0.6) is 0 Å². The Morgan fingerprint density at radius 1 is 0.466 bits per heavy atom. The van der Waals surface area contributed by atoms with Gasteiger partial charge in [0, 0.05) is 0 Å². The number of allylic oxidation sites excluding steroid dienone is 2. The standard InChI is InChI=1S/C62H121NO10/c1-3-5-7-9-11-13-15-17-19-21-23-25-27-28-30-31-33-35-37-39-41-43-45-47-49-54(65)57(67)53(52-72-62-60(70)59(69)58(68)56(51-64)73-62)63-61(71)55(66)50-48-46-44-42-40-38-36-34-32-29-26-24-22-20-18-16-14-12-10-8-6-4-2/h32,34,53-60,62,64-70H,3-31,33,35-52H2,1-2H3,(H,63,71)/b34-32-. The molecule has 1 heterocycles. The van der Waals surface area contributed by atoms with Gasteiger partial charge in [0.2, 0.25) is 5.91 Å². The number of aliphatic hydroxyl groups is 7. The summed E-state index contributed by atoms with van der Waals surface area (Å²) in [6.45, 7) is 3.50. The average molecular weight is 1040 g/mol. The summed E-state index contributed by atoms with van der Waals surface area (Å²) >= 11 is 0. The molecule has 1 aliphatic rings. The van der Waals surface area contributed by atoms with Crippen molar-refractivity contribution in [2.24, 2.45) is 0 Å². The number of hydrogen-bond acceptors (Lipinski definition) is 10. The minimum Gasteiger partial charge on any atom is -0.394 e. The minimum absolute atomic E-state index is 0.256. The van der Waals surface area contributed by atoms with Gasteiger partial charge in [-0.25, -0.2) is 0 Å². The zero-order valence-electron chi connectivity index (χ0n) is 47.6. The van der Waals surface area contributed by atoms with E-state index in [-0.39, 0.29) is 6.42 Å². The molecular formula is C62H121NO10. The first kappa shape index (κ1) is 69.9. The molecule has 1 fully saturated rings. The molecule has 1 rings (SSSR count). The Morgan fingerprint density at radius 2 is 0.795 bits per heavy atom. The van der Waals surface area contributed by atoms with Crippen molar-refractivity contribution in [3.8, 4) is 0 Å². The first-order valence-electron chi connectivity index (χ1n) is 31.6. The largest absolute Gasteiger partial charge is 0.394 e. The predicted octanol–water partition coefficient (Wildman–Crippen LogP) is 13.9. The van der Waals surface area contributed by atoms with Crippen LogP contribution in [0.25, 0.3) is 0 Å². The van der Waals surface area contributed by atoms with Crippen LogP contribution in [0.3, 0.4) is 0 Å². The highest BCUT2D eigenvalue weighted by Gasteiger charge is 2.44. The van der Waals surface area contributed by atoms with Gasteiger partial charge in [-0.2, -0.15) is 0 Å². The molecule has 11 heteroatoms. The zero-order chi connectivity index (χ0) is 53.3. The Kier molecular flexibility index (Phi) is 49.4. The van der Waals surface area contributed by atoms with Gasteiger partial charge in [0.15, 0.2) is 6.29 Å². The molecule has 0 aliphatic carbocycles. The number of unbranched alkanes of at least 4 members (excludes halogenated alkanes) is 41. The van der Waals surface area contributed by atoms with Gasteiger partial charge < -0.3 is 50.5 Å². The molecule has 0 saturated carbocycles. The summed E-state index contributed by atoms with van der Waals surface area (Å²) in [5.74, 6) is -0.696. The SMILES string of the molecule is CCCCCCCCCCCCCC/C=C\CCCCCCCCC(O)C(=O)NC(COC1OC(CO)C(O)C(O)C1O)C(O)C(O)CCCCCCCCCCCCCCCCCCCCCCCCCC. The van der Waals surface area contributed by atoms with Crippen LogP contribution in [0.15, 0.2) is 12.2 Å². The molecule has 0 bridgehead atoms. The molecule has 9 atom stereocenters. The molecule has 9 unspecified atom stereocenters. The molecule has 11 nitrogen and oxygen atoms in total. The maximum atomic E-state index is 13.2. The summed E-state index contributed by atoms with van der Waals surface area (Å²) in [6, 6.07) is -1.17. The number of hydrogen-bond donors (Lipinski definition) is 8. The van der Waals surface area contributed by atoms with Gasteiger partial charge in [-0.05, 0) is 38.5 Å². The van der Waals surface area contributed by atoms with Crippen molar-refractivity contribution in [3.63, 3.8) is 0 Å². The van der Waals surface area contributed by atoms with Crippen molar-refractivity contribution in [2.75, 3.05) is 13.2 Å². The molecule has 1 amide bonds. The number of aliphatic hydroxyl groups excluding tert-OH is 7. The Morgan fingerprint density at radius 3 is 1.15 bits per heavy atom. The molecule has 0 aromatic carbocycles. The van der Waals surface area contributed by atoms with E-state index in [1.54, 1.807) is 0 Å². The summed E-state index contributed by atoms with van der Waals surface area (Å²) in [5.41, 5.74) is 0. The van der Waals surface area contributed by atoms with Crippen molar-refractivity contribution < 1.29 is 50.0 Å². The second-order valence-corrected chi connectivity index (χ2v) is 22.5. The van der Waals surface area contributed by atoms with Crippen LogP contribution >= 0.6 is 0 Å². The van der Waals surface area contributed by atoms with E-state index in [1.807, 2.05) is 0 Å². The van der Waals surface area contributed by atoms with E-state index in [4.69, 9.17) is 9.47 Å². The Bertz CT molecular complexity index is 1190. The molecule has 1 saturated heterocycles. The van der Waals surface area contributed by atoms with Gasteiger partial charge in [0.05, 0.1) is 25.4 Å². The number of amides is 1. The van der Waals surface area contributed by atoms with E-state index < -0.39 is 74.2 Å². The molecule has 0 aromatic heterocycles. The van der Waals surface area contributed by atoms with Crippen molar-refractivity contribution in [3.05, 3.63) is 12.2 Å². The predicted molar refractivity (Wildman–Crippen MR) is 303 cm³/mol. The fourth-order valence-corrected chi connectivity index (χ4v) is 10.4. The second kappa shape index (κ2) is 51.6. The van der Waals surface area contributed by atoms with E-state index in [9.17, 15) is 40.5 Å². The van der Waals surface area contributed by atoms with Crippen LogP contribution in [0.4, 0.5) is 0 Å². The van der Waals surface area contributed by atoms with E-state index in [0.717, 1.165) is 51.4 Å². The summed E-state index contributed by atoms with van der Waals surface area (Å²) < 4.78 is 11.2. The van der Waals surface area contributed by atoms with E-state index in [2.05, 4.69) is 31.3 Å². The molecule has 434 valence electrons. The van der Waals surface area contributed by atoms with Crippen molar-refractivity contribution >= 4 is 5.91 Å². The second-order valence-electron chi connectivity index (χ2n) is 22.5. The topological polar surface area (TPSA) is 189 Å². The number of carbonyl (C=O) groups excluding carboxylic acids is 1. The van der Waals surface area contributed by atoms with E-state index in [0.29, 0.717) is 19.3 Å². The number of carbonyl (C=O) groups is 1. The lowest BCUT2D eigenvalue weighted by molar-refractivity contribution is -0.303. The smallest absolute Gasteiger partial charge is 0.249 e. The third-order valence-electron chi connectivity index (χ3n) is 15.6. The van der Waals surface area contributed by atoms with Crippen molar-refractivity contribution in [1.82, 2.24) is 5.32 Å². The van der Waals surface area contributed by atoms with Gasteiger partial charge in [-0.3, -0.25) is 4.79 Å². The van der Waals surface area contributed by atoms with Gasteiger partial charge in [0.1, 0.15) is 36.6 Å². The Labute approximate surface area is 449 Å². The summed E-state index contributed by atoms with van der Waals surface area (Å²) in [5, 5.41) is 76.3. The molecule has 73 heavy (non-hydrogen) atoms. The van der Waals surface area contributed by atoms with Crippen LogP contribution in [-0.2, 0) is 14.3 Å². The summed E-state index contributed by atoms with van der Waals surface area (Å²) in [7, 11) is 0. The Balaban J connectivity index is 2.27. The number of ether oxygens (including phenoxy) is 2. The van der Waals surface area contributed by atoms with Gasteiger partial charge in [-0.15, -0.1) is 0 Å². The van der Waals surface area contributed by atoms with Crippen molar-refractivity contribution in [1.29, 1.82) is 0 Å². The fraction of sp³-hybridized carbons (Fsp3) is 0.952. The van der Waals surface area contributed by atoms with Crippen LogP contribution < -0.4 is 5.32 Å². The Hall–Kier alpha value is -1.15. The summed E-state index contributed by atoms with van der Waals surface area (Å²) in [6.07, 6.45) is 49.8. The zero-order valence-corrected chi connectivity index (χ0v) is 47.6. The maximum Gasteiger partial charge on any atom is 0.249 e. The highest BCUT2D eigenvalue weighted by Crippen LogP contribution is 2.24. The van der Waals surface area contributed by atoms with E-state index >= 15 is 0 Å². The van der Waals surface area contributed by atoms with Gasteiger partial charge in [0.25, 0.3) is 0 Å². The molecular weight excluding hydrogens is 919 g/mol. The van der Waals surface area contributed by atoms with Gasteiger partial charge >= 0.3 is 0 Å². The molecule has 0 aromatic rings. The fourth-order valence-electron chi connectivity index (χ4n) is 10.4. The molecule has 0 spiro atoms. The normalized spacial score (nSPS) is 19.9. The number of nitrogens with one attached hydrogen (secondary N) is 1. The maximum absolute atomic E-state index is 13.2. The first-order chi connectivity index (χ1) is 35.7. The molecule has 1 aliphatic heterocycles. The van der Waals surface area contributed by atoms with Crippen LogP contribution in [0.2, 0.25) is 0 Å². The summed E-state index contributed by atoms with van der Waals surface area (Å²) in [4.78, 5) is 13.2. The third-order valence-corrected chi connectivity index (χ3v) is 15.6. The minimum atomic E-state index is -1.66. The quantitative estimate of drug-likeness (QED) is 0.0215. The molecule has 8 N–H and O–H groups in total. The van der Waals surface area contributed by atoms with Gasteiger partial charge in [-0.1, -0.05) is 283 Å². The average Bonchev–Trinajstić information content (AvgIpc) is 3.39. The number of rotatable bonds is 55. The lowest BCUT2D eigenvalue weighted by Gasteiger charge is -2.40. The third kappa shape index (κ3) is 39.8. The highest BCUT2D eigenvalue weighted by atomic mass is 16.7. The lowest BCUT2D eigenvalue weighted by atomic mass is 9.98. The first-order valence-corrected chi connectivity index (χ1v) is 31.6. The lowest BCUT2D eigenvalue weighted by Crippen LogP contribution is -2.60. The van der Waals surface area contributed by atoms with Crippen LogP contribution in [-0.4, -0.2) is 110 Å². The van der Waals surface area contributed by atoms with Crippen molar-refractivity contribution in [2.45, 2.75) is 364 Å².